The highest BCUT2D eigenvalue weighted by Crippen LogP contribution is 2.06. The number of carbonyl (C=O) groups excluding carboxylic acids is 1. The van der Waals surface area contributed by atoms with E-state index in [1.165, 1.54) is 6.08 Å². The summed E-state index contributed by atoms with van der Waals surface area (Å²) in [7, 11) is 0. The highest BCUT2D eigenvalue weighted by atomic mass is 16.5. The van der Waals surface area contributed by atoms with Crippen molar-refractivity contribution in [1.29, 1.82) is 5.26 Å². The Labute approximate surface area is 95.0 Å². The van der Waals surface area contributed by atoms with Crippen molar-refractivity contribution in [3.05, 3.63) is 41.5 Å². The van der Waals surface area contributed by atoms with Gasteiger partial charge in [0, 0.05) is 6.08 Å². The van der Waals surface area contributed by atoms with Crippen LogP contribution in [0.4, 0.5) is 0 Å². The number of rotatable bonds is 4. The van der Waals surface area contributed by atoms with Crippen molar-refractivity contribution in [2.24, 2.45) is 0 Å². The van der Waals surface area contributed by atoms with Gasteiger partial charge in [-0.1, -0.05) is 24.3 Å². The van der Waals surface area contributed by atoms with Gasteiger partial charge in [0.15, 0.2) is 0 Å². The minimum atomic E-state index is -0.344. The van der Waals surface area contributed by atoms with Gasteiger partial charge in [0.1, 0.15) is 0 Å². The highest BCUT2D eigenvalue weighted by molar-refractivity contribution is 5.86. The van der Waals surface area contributed by atoms with E-state index < -0.39 is 0 Å². The zero-order valence-corrected chi connectivity index (χ0v) is 9.14. The van der Waals surface area contributed by atoms with E-state index in [1.807, 2.05) is 24.3 Å². The van der Waals surface area contributed by atoms with E-state index in [9.17, 15) is 4.79 Å². The number of carbonyl (C=O) groups is 1. The second-order valence-electron chi connectivity index (χ2n) is 3.16. The molecule has 0 saturated heterocycles. The van der Waals surface area contributed by atoms with Crippen LogP contribution >= 0.6 is 0 Å². The van der Waals surface area contributed by atoms with E-state index in [2.05, 4.69) is 6.07 Å². The molecule has 0 fully saturated rings. The largest absolute Gasteiger partial charge is 0.463 e. The maximum Gasteiger partial charge on any atom is 0.330 e. The topological polar surface area (TPSA) is 50.1 Å². The first kappa shape index (κ1) is 12.0. The van der Waals surface area contributed by atoms with Crippen LogP contribution in [0, 0.1) is 11.3 Å². The van der Waals surface area contributed by atoms with E-state index in [1.54, 1.807) is 13.0 Å². The van der Waals surface area contributed by atoms with Gasteiger partial charge in [0.05, 0.1) is 19.1 Å². The molecule has 0 aromatic heterocycles. The van der Waals surface area contributed by atoms with Crippen LogP contribution in [0.5, 0.6) is 0 Å². The van der Waals surface area contributed by atoms with Crippen LogP contribution in [0.3, 0.4) is 0 Å². The number of hydrogen-bond donors (Lipinski definition) is 0. The first-order valence-corrected chi connectivity index (χ1v) is 5.07. The van der Waals surface area contributed by atoms with Gasteiger partial charge in [-0.15, -0.1) is 0 Å². The molecule has 0 aliphatic heterocycles. The number of hydrogen-bond acceptors (Lipinski definition) is 3. The molecule has 0 amide bonds. The predicted molar refractivity (Wildman–Crippen MR) is 61.4 cm³/mol. The van der Waals surface area contributed by atoms with Gasteiger partial charge in [0.25, 0.3) is 0 Å². The van der Waals surface area contributed by atoms with Crippen LogP contribution in [0.25, 0.3) is 6.08 Å². The molecule has 0 atom stereocenters. The van der Waals surface area contributed by atoms with Gasteiger partial charge in [-0.3, -0.25) is 0 Å². The molecule has 0 bridgehead atoms. The Kier molecular flexibility index (Phi) is 4.81. The summed E-state index contributed by atoms with van der Waals surface area (Å²) in [6.07, 6.45) is 3.48. The number of nitrogens with zero attached hydrogens (tertiary/aromatic N) is 1. The summed E-state index contributed by atoms with van der Waals surface area (Å²) in [4.78, 5) is 11.0. The van der Waals surface area contributed by atoms with Crippen molar-refractivity contribution in [2.75, 3.05) is 6.61 Å². The van der Waals surface area contributed by atoms with Gasteiger partial charge in [-0.25, -0.2) is 4.79 Å². The van der Waals surface area contributed by atoms with Crippen LogP contribution in [0.15, 0.2) is 30.3 Å². The Bertz CT molecular complexity index is 413. The SMILES string of the molecule is CCOC(=O)/C=C/c1ccc(CC#N)cc1. The number of benzene rings is 1. The lowest BCUT2D eigenvalue weighted by Gasteiger charge is -1.97. The van der Waals surface area contributed by atoms with Crippen molar-refractivity contribution in [3.8, 4) is 6.07 Å². The summed E-state index contributed by atoms with van der Waals surface area (Å²) >= 11 is 0. The molecule has 82 valence electrons. The lowest BCUT2D eigenvalue weighted by Crippen LogP contribution is -1.98. The van der Waals surface area contributed by atoms with Crippen LogP contribution in [0.2, 0.25) is 0 Å². The lowest BCUT2D eigenvalue weighted by atomic mass is 10.1. The summed E-state index contributed by atoms with van der Waals surface area (Å²) in [5.41, 5.74) is 1.88. The minimum absolute atomic E-state index is 0.344. The van der Waals surface area contributed by atoms with Crippen molar-refractivity contribution >= 4 is 12.0 Å². The van der Waals surface area contributed by atoms with Crippen molar-refractivity contribution in [2.45, 2.75) is 13.3 Å². The molecule has 0 spiro atoms. The van der Waals surface area contributed by atoms with Crippen LogP contribution in [-0.2, 0) is 16.0 Å². The Hall–Kier alpha value is -2.08. The first-order valence-electron chi connectivity index (χ1n) is 5.07. The third-order valence-electron chi connectivity index (χ3n) is 1.96. The van der Waals surface area contributed by atoms with E-state index in [0.29, 0.717) is 13.0 Å². The van der Waals surface area contributed by atoms with Gasteiger partial charge in [-0.2, -0.15) is 5.26 Å². The monoisotopic (exact) mass is 215 g/mol. The molecule has 1 rings (SSSR count). The second kappa shape index (κ2) is 6.41. The molecule has 1 aromatic carbocycles. The maximum absolute atomic E-state index is 11.0. The van der Waals surface area contributed by atoms with Crippen LogP contribution < -0.4 is 0 Å². The summed E-state index contributed by atoms with van der Waals surface area (Å²) in [5, 5.41) is 8.50. The average molecular weight is 215 g/mol. The van der Waals surface area contributed by atoms with Crippen LogP contribution in [-0.4, -0.2) is 12.6 Å². The molecule has 0 aliphatic rings. The Morgan fingerprint density at radius 2 is 2.12 bits per heavy atom. The lowest BCUT2D eigenvalue weighted by molar-refractivity contribution is -0.137. The average Bonchev–Trinajstić information content (AvgIpc) is 2.29. The standard InChI is InChI=1S/C13H13NO2/c1-2-16-13(15)8-7-11-3-5-12(6-4-11)9-10-14/h3-8H,2,9H2,1H3/b8-7+. The summed E-state index contributed by atoms with van der Waals surface area (Å²) in [6, 6.07) is 9.54. The number of nitriles is 1. The first-order chi connectivity index (χ1) is 7.76. The molecule has 1 aromatic rings. The molecule has 0 radical (unpaired) electrons. The molecular formula is C13H13NO2. The Morgan fingerprint density at radius 3 is 2.69 bits per heavy atom. The minimum Gasteiger partial charge on any atom is -0.463 e. The molecule has 0 aliphatic carbocycles. The van der Waals surface area contributed by atoms with Gasteiger partial charge in [0.2, 0.25) is 0 Å². The quantitative estimate of drug-likeness (QED) is 0.572. The van der Waals surface area contributed by atoms with Gasteiger partial charge in [-0.05, 0) is 24.1 Å². The summed E-state index contributed by atoms with van der Waals surface area (Å²) < 4.78 is 4.76. The van der Waals surface area contributed by atoms with Gasteiger partial charge >= 0.3 is 5.97 Å². The van der Waals surface area contributed by atoms with E-state index in [4.69, 9.17) is 10.00 Å². The molecule has 0 heterocycles. The smallest absolute Gasteiger partial charge is 0.330 e. The Morgan fingerprint density at radius 1 is 1.44 bits per heavy atom. The van der Waals surface area contributed by atoms with E-state index >= 15 is 0 Å². The molecular weight excluding hydrogens is 202 g/mol. The Balaban J connectivity index is 2.62. The third kappa shape index (κ3) is 3.97. The zero-order chi connectivity index (χ0) is 11.8. The molecule has 0 unspecified atom stereocenters. The van der Waals surface area contributed by atoms with E-state index in [0.717, 1.165) is 11.1 Å². The second-order valence-corrected chi connectivity index (χ2v) is 3.16. The molecule has 3 heteroatoms. The van der Waals surface area contributed by atoms with Crippen molar-refractivity contribution < 1.29 is 9.53 Å². The van der Waals surface area contributed by atoms with Crippen molar-refractivity contribution in [1.82, 2.24) is 0 Å². The van der Waals surface area contributed by atoms with E-state index in [-0.39, 0.29) is 5.97 Å². The van der Waals surface area contributed by atoms with Crippen LogP contribution in [0.1, 0.15) is 18.1 Å². The fraction of sp³-hybridized carbons (Fsp3) is 0.231. The van der Waals surface area contributed by atoms with Crippen molar-refractivity contribution in [3.63, 3.8) is 0 Å². The number of esters is 1. The van der Waals surface area contributed by atoms with Gasteiger partial charge < -0.3 is 4.74 Å². The highest BCUT2D eigenvalue weighted by Gasteiger charge is 1.94. The molecule has 0 saturated carbocycles. The molecule has 0 N–H and O–H groups in total. The fourth-order valence-electron chi connectivity index (χ4n) is 1.19. The molecule has 3 nitrogen and oxygen atoms in total. The zero-order valence-electron chi connectivity index (χ0n) is 9.14. The number of ether oxygens (including phenoxy) is 1. The fourth-order valence-corrected chi connectivity index (χ4v) is 1.19. The summed E-state index contributed by atoms with van der Waals surface area (Å²) in [6.45, 7) is 2.15. The summed E-state index contributed by atoms with van der Waals surface area (Å²) in [5.74, 6) is -0.344. The predicted octanol–water partition coefficient (Wildman–Crippen LogP) is 2.33. The normalized spacial score (nSPS) is 10.0. The third-order valence-corrected chi connectivity index (χ3v) is 1.96. The maximum atomic E-state index is 11.0. The molecule has 16 heavy (non-hydrogen) atoms.